The van der Waals surface area contributed by atoms with Gasteiger partial charge in [-0.2, -0.15) is 0 Å². The Kier molecular flexibility index (Phi) is 7.01. The van der Waals surface area contributed by atoms with Crippen LogP contribution in [0.25, 0.3) is 6.08 Å². The van der Waals surface area contributed by atoms with E-state index >= 15 is 0 Å². The summed E-state index contributed by atoms with van der Waals surface area (Å²) in [4.78, 5) is 27.4. The van der Waals surface area contributed by atoms with E-state index in [2.05, 4.69) is 4.90 Å². The molecule has 0 spiro atoms. The molecule has 0 saturated carbocycles. The first kappa shape index (κ1) is 19.0. The van der Waals surface area contributed by atoms with Gasteiger partial charge in [0, 0.05) is 25.2 Å². The third-order valence-corrected chi connectivity index (χ3v) is 4.17. The summed E-state index contributed by atoms with van der Waals surface area (Å²) in [5.41, 5.74) is 5.95. The zero-order valence-electron chi connectivity index (χ0n) is 15.0. The molecule has 1 aromatic rings. The van der Waals surface area contributed by atoms with Crippen LogP contribution in [-0.2, 0) is 9.59 Å². The smallest absolute Gasteiger partial charge is 0.255 e. The van der Waals surface area contributed by atoms with E-state index in [0.717, 1.165) is 31.5 Å². The molecule has 6 heteroatoms. The first-order valence-electron chi connectivity index (χ1n) is 8.60. The third-order valence-electron chi connectivity index (χ3n) is 4.17. The Morgan fingerprint density at radius 1 is 1.28 bits per heavy atom. The van der Waals surface area contributed by atoms with Crippen LogP contribution in [0.15, 0.2) is 30.3 Å². The van der Waals surface area contributed by atoms with E-state index < -0.39 is 5.91 Å². The van der Waals surface area contributed by atoms with Crippen LogP contribution in [0.1, 0.15) is 24.8 Å². The molecule has 0 aliphatic carbocycles. The minimum atomic E-state index is -0.511. The van der Waals surface area contributed by atoms with Crippen molar-refractivity contribution in [2.24, 2.45) is 5.73 Å². The number of primary amides is 1. The molecule has 2 amide bonds. The Labute approximate surface area is 149 Å². The Bertz CT molecular complexity index is 611. The minimum absolute atomic E-state index is 0.0561. The van der Waals surface area contributed by atoms with Gasteiger partial charge in [0.15, 0.2) is 6.61 Å². The SMILES string of the molecule is CN(C)CC1CCCCN1C(=O)/C=C/c1ccc(OCC(N)=O)cc1. The fourth-order valence-corrected chi connectivity index (χ4v) is 2.99. The number of hydrogen-bond acceptors (Lipinski definition) is 4. The fraction of sp³-hybridized carbons (Fsp3) is 0.474. The van der Waals surface area contributed by atoms with E-state index in [-0.39, 0.29) is 18.6 Å². The zero-order valence-corrected chi connectivity index (χ0v) is 15.0. The van der Waals surface area contributed by atoms with E-state index in [1.165, 1.54) is 6.42 Å². The number of likely N-dealkylation sites (N-methyl/N-ethyl adjacent to an activating group) is 1. The van der Waals surface area contributed by atoms with Crippen LogP contribution in [0.4, 0.5) is 0 Å². The summed E-state index contributed by atoms with van der Waals surface area (Å²) in [6.45, 7) is 1.57. The van der Waals surface area contributed by atoms with E-state index in [4.69, 9.17) is 10.5 Å². The molecule has 1 unspecified atom stereocenters. The molecule has 1 fully saturated rings. The molecule has 0 bridgehead atoms. The predicted octanol–water partition coefficient (Wildman–Crippen LogP) is 1.51. The predicted molar refractivity (Wildman–Crippen MR) is 98.1 cm³/mol. The molecule has 1 saturated heterocycles. The molecule has 0 radical (unpaired) electrons. The van der Waals surface area contributed by atoms with Crippen LogP contribution in [-0.4, -0.2) is 61.4 Å². The molecule has 0 aromatic heterocycles. The highest BCUT2D eigenvalue weighted by Crippen LogP contribution is 2.19. The normalized spacial score (nSPS) is 17.9. The monoisotopic (exact) mass is 345 g/mol. The first-order valence-corrected chi connectivity index (χ1v) is 8.60. The van der Waals surface area contributed by atoms with Crippen molar-refractivity contribution in [2.75, 3.05) is 33.8 Å². The molecule has 1 aromatic carbocycles. The molecule has 2 N–H and O–H groups in total. The van der Waals surface area contributed by atoms with Crippen LogP contribution in [0.2, 0.25) is 0 Å². The lowest BCUT2D eigenvalue weighted by atomic mass is 10.0. The summed E-state index contributed by atoms with van der Waals surface area (Å²) in [6, 6.07) is 7.47. The van der Waals surface area contributed by atoms with Gasteiger partial charge in [0.2, 0.25) is 5.91 Å². The maximum Gasteiger partial charge on any atom is 0.255 e. The van der Waals surface area contributed by atoms with E-state index in [0.29, 0.717) is 5.75 Å². The summed E-state index contributed by atoms with van der Waals surface area (Å²) >= 11 is 0. The average Bonchev–Trinajstić information content (AvgIpc) is 2.58. The maximum atomic E-state index is 12.6. The van der Waals surface area contributed by atoms with Crippen molar-refractivity contribution in [3.8, 4) is 5.75 Å². The van der Waals surface area contributed by atoms with E-state index in [1.807, 2.05) is 37.2 Å². The highest BCUT2D eigenvalue weighted by atomic mass is 16.5. The lowest BCUT2D eigenvalue weighted by molar-refractivity contribution is -0.129. The number of hydrogen-bond donors (Lipinski definition) is 1. The largest absolute Gasteiger partial charge is 0.484 e. The van der Waals surface area contributed by atoms with Gasteiger partial charge in [0.25, 0.3) is 5.91 Å². The van der Waals surface area contributed by atoms with Crippen LogP contribution < -0.4 is 10.5 Å². The van der Waals surface area contributed by atoms with Crippen molar-refractivity contribution in [2.45, 2.75) is 25.3 Å². The summed E-state index contributed by atoms with van der Waals surface area (Å²) in [5, 5.41) is 0. The molecular weight excluding hydrogens is 318 g/mol. The van der Waals surface area contributed by atoms with Crippen LogP contribution in [0.5, 0.6) is 5.75 Å². The number of rotatable bonds is 7. The zero-order chi connectivity index (χ0) is 18.2. The second kappa shape index (κ2) is 9.22. The number of benzene rings is 1. The lowest BCUT2D eigenvalue weighted by Gasteiger charge is -2.36. The topological polar surface area (TPSA) is 75.9 Å². The summed E-state index contributed by atoms with van der Waals surface area (Å²) in [5.74, 6) is 0.119. The average molecular weight is 345 g/mol. The lowest BCUT2D eigenvalue weighted by Crippen LogP contribution is -2.47. The number of likely N-dealkylation sites (tertiary alicyclic amines) is 1. The minimum Gasteiger partial charge on any atom is -0.484 e. The van der Waals surface area contributed by atoms with Gasteiger partial charge in [-0.15, -0.1) is 0 Å². The Balaban J connectivity index is 1.95. The van der Waals surface area contributed by atoms with Gasteiger partial charge >= 0.3 is 0 Å². The van der Waals surface area contributed by atoms with Gasteiger partial charge in [-0.1, -0.05) is 12.1 Å². The number of nitrogens with two attached hydrogens (primary N) is 1. The van der Waals surface area contributed by atoms with Crippen molar-refractivity contribution in [3.63, 3.8) is 0 Å². The Morgan fingerprint density at radius 3 is 2.64 bits per heavy atom. The van der Waals surface area contributed by atoms with Gasteiger partial charge < -0.3 is 20.3 Å². The molecule has 136 valence electrons. The Hall–Kier alpha value is -2.34. The van der Waals surface area contributed by atoms with Crippen LogP contribution in [0.3, 0.4) is 0 Å². The maximum absolute atomic E-state index is 12.6. The van der Waals surface area contributed by atoms with Gasteiger partial charge in [-0.25, -0.2) is 0 Å². The summed E-state index contributed by atoms with van der Waals surface area (Å²) in [7, 11) is 4.07. The molecule has 1 aliphatic heterocycles. The molecule has 25 heavy (non-hydrogen) atoms. The van der Waals surface area contributed by atoms with Gasteiger partial charge in [0.05, 0.1) is 0 Å². The molecule has 2 rings (SSSR count). The molecule has 1 atom stereocenters. The molecule has 1 heterocycles. The summed E-state index contributed by atoms with van der Waals surface area (Å²) in [6.07, 6.45) is 6.74. The number of ether oxygens (including phenoxy) is 1. The van der Waals surface area contributed by atoms with Gasteiger partial charge in [-0.05, 0) is 57.1 Å². The van der Waals surface area contributed by atoms with E-state index in [9.17, 15) is 9.59 Å². The van der Waals surface area contributed by atoms with Crippen LogP contribution >= 0.6 is 0 Å². The second-order valence-electron chi connectivity index (χ2n) is 6.60. The van der Waals surface area contributed by atoms with Crippen molar-refractivity contribution >= 4 is 17.9 Å². The van der Waals surface area contributed by atoms with Gasteiger partial charge in [-0.3, -0.25) is 9.59 Å². The second-order valence-corrected chi connectivity index (χ2v) is 6.60. The highest BCUT2D eigenvalue weighted by molar-refractivity contribution is 5.92. The van der Waals surface area contributed by atoms with Crippen molar-refractivity contribution in [1.29, 1.82) is 0 Å². The standard InChI is InChI=1S/C19H27N3O3/c1-21(2)13-16-5-3-4-12-22(16)19(24)11-8-15-6-9-17(10-7-15)25-14-18(20)23/h6-11,16H,3-5,12-14H2,1-2H3,(H2,20,23)/b11-8+. The first-order chi connectivity index (χ1) is 12.0. The molecule has 1 aliphatic rings. The number of piperidine rings is 1. The number of amides is 2. The number of nitrogens with zero attached hydrogens (tertiary/aromatic N) is 2. The third kappa shape index (κ3) is 6.23. The quantitative estimate of drug-likeness (QED) is 0.760. The van der Waals surface area contributed by atoms with E-state index in [1.54, 1.807) is 18.2 Å². The van der Waals surface area contributed by atoms with Gasteiger partial charge in [0.1, 0.15) is 5.75 Å². The molecule has 6 nitrogen and oxygen atoms in total. The summed E-state index contributed by atoms with van der Waals surface area (Å²) < 4.78 is 5.22. The van der Waals surface area contributed by atoms with Crippen molar-refractivity contribution in [1.82, 2.24) is 9.80 Å². The highest BCUT2D eigenvalue weighted by Gasteiger charge is 2.25. The van der Waals surface area contributed by atoms with Crippen molar-refractivity contribution < 1.29 is 14.3 Å². The van der Waals surface area contributed by atoms with Crippen molar-refractivity contribution in [3.05, 3.63) is 35.9 Å². The number of carbonyl (C=O) groups excluding carboxylic acids is 2. The molecular formula is C19H27N3O3. The fourth-order valence-electron chi connectivity index (χ4n) is 2.99. The van der Waals surface area contributed by atoms with Crippen LogP contribution in [0, 0.1) is 0 Å². The number of carbonyl (C=O) groups is 2. The Morgan fingerprint density at radius 2 is 2.00 bits per heavy atom.